The number of benzene rings is 5. The van der Waals surface area contributed by atoms with Gasteiger partial charge in [0.25, 0.3) is 0 Å². The minimum absolute atomic E-state index is 1.04. The van der Waals surface area contributed by atoms with Gasteiger partial charge in [-0.25, -0.2) is 0 Å². The Morgan fingerprint density at radius 1 is 0.538 bits per heavy atom. The summed E-state index contributed by atoms with van der Waals surface area (Å²) in [6, 6.07) is 44.3. The second kappa shape index (κ2) is 12.0. The van der Waals surface area contributed by atoms with Gasteiger partial charge in [0, 0.05) is 17.1 Å². The van der Waals surface area contributed by atoms with Crippen molar-refractivity contribution >= 4 is 28.7 Å². The van der Waals surface area contributed by atoms with Gasteiger partial charge in [-0.15, -0.1) is 0 Å². The van der Waals surface area contributed by atoms with E-state index >= 15 is 0 Å². The van der Waals surface area contributed by atoms with E-state index in [-0.39, 0.29) is 0 Å². The molecule has 5 aromatic rings. The van der Waals surface area contributed by atoms with Gasteiger partial charge >= 0.3 is 0 Å². The van der Waals surface area contributed by atoms with E-state index in [1.165, 1.54) is 55.9 Å². The monoisotopic (exact) mass is 507 g/mol. The molecule has 0 spiro atoms. The minimum Gasteiger partial charge on any atom is -0.311 e. The molecule has 0 saturated heterocycles. The molecule has 0 atom stereocenters. The first-order valence-corrected chi connectivity index (χ1v) is 14.0. The van der Waals surface area contributed by atoms with Crippen LogP contribution in [0.4, 0.5) is 17.1 Å². The van der Waals surface area contributed by atoms with Crippen LogP contribution in [-0.2, 0) is 12.8 Å². The number of hydrogen-bond donors (Lipinski definition) is 0. The lowest BCUT2D eigenvalue weighted by Crippen LogP contribution is -2.10. The molecule has 5 aromatic carbocycles. The molecule has 5 rings (SSSR count). The molecule has 0 bridgehead atoms. The van der Waals surface area contributed by atoms with Crippen molar-refractivity contribution in [2.45, 2.75) is 40.5 Å². The highest BCUT2D eigenvalue weighted by Crippen LogP contribution is 2.36. The summed E-state index contributed by atoms with van der Waals surface area (Å²) in [5.41, 5.74) is 13.6. The van der Waals surface area contributed by atoms with E-state index in [0.29, 0.717) is 0 Å². The largest absolute Gasteiger partial charge is 0.311 e. The maximum atomic E-state index is 2.34. The summed E-state index contributed by atoms with van der Waals surface area (Å²) in [4.78, 5) is 2.34. The number of anilines is 3. The molecule has 1 nitrogen and oxygen atoms in total. The smallest absolute Gasteiger partial charge is 0.0462 e. The van der Waals surface area contributed by atoms with Gasteiger partial charge < -0.3 is 4.90 Å². The summed E-state index contributed by atoms with van der Waals surface area (Å²) in [6.07, 6.45) is 4.39. The number of nitrogens with zero attached hydrogens (tertiary/aromatic N) is 1. The van der Waals surface area contributed by atoms with Gasteiger partial charge in [0.05, 0.1) is 0 Å². The molecule has 0 aliphatic heterocycles. The fourth-order valence-electron chi connectivity index (χ4n) is 5.18. The molecule has 0 radical (unpaired) electrons. The predicted molar refractivity (Wildman–Crippen MR) is 169 cm³/mol. The van der Waals surface area contributed by atoms with E-state index in [2.05, 4.69) is 160 Å². The Bertz CT molecular complexity index is 1470. The van der Waals surface area contributed by atoms with Gasteiger partial charge in [-0.2, -0.15) is 0 Å². The fraction of sp³-hybridized carbons (Fsp3) is 0.158. The van der Waals surface area contributed by atoms with Crippen LogP contribution in [-0.4, -0.2) is 0 Å². The van der Waals surface area contributed by atoms with Crippen molar-refractivity contribution in [3.63, 3.8) is 0 Å². The molecule has 194 valence electrons. The van der Waals surface area contributed by atoms with E-state index in [1.807, 2.05) is 0 Å². The summed E-state index contributed by atoms with van der Waals surface area (Å²) in [7, 11) is 0. The fourth-order valence-corrected chi connectivity index (χ4v) is 5.18. The van der Waals surface area contributed by atoms with Crippen LogP contribution in [0.1, 0.15) is 52.8 Å². The summed E-state index contributed by atoms with van der Waals surface area (Å²) in [5.74, 6) is 0. The molecule has 0 aromatic heterocycles. The lowest BCUT2D eigenvalue weighted by molar-refractivity contribution is 1.13. The number of rotatable bonds is 8. The zero-order chi connectivity index (χ0) is 27.2. The first kappa shape index (κ1) is 26.3. The van der Waals surface area contributed by atoms with Crippen molar-refractivity contribution in [1.82, 2.24) is 0 Å². The summed E-state index contributed by atoms with van der Waals surface area (Å²) in [5, 5.41) is 0. The van der Waals surface area contributed by atoms with Gasteiger partial charge in [0.1, 0.15) is 0 Å². The van der Waals surface area contributed by atoms with Crippen LogP contribution < -0.4 is 4.90 Å². The summed E-state index contributed by atoms with van der Waals surface area (Å²) >= 11 is 0. The van der Waals surface area contributed by atoms with Crippen LogP contribution in [0.5, 0.6) is 0 Å². The van der Waals surface area contributed by atoms with Crippen molar-refractivity contribution in [3.05, 3.63) is 160 Å². The van der Waals surface area contributed by atoms with Crippen LogP contribution in [0, 0.1) is 13.8 Å². The zero-order valence-electron chi connectivity index (χ0n) is 23.5. The van der Waals surface area contributed by atoms with Gasteiger partial charge in [0.2, 0.25) is 0 Å². The Morgan fingerprint density at radius 2 is 1.00 bits per heavy atom. The Hall–Kier alpha value is -4.36. The molecule has 0 amide bonds. The first-order valence-electron chi connectivity index (χ1n) is 14.0. The molecule has 0 aliphatic rings. The third-order valence-corrected chi connectivity index (χ3v) is 7.29. The van der Waals surface area contributed by atoms with Gasteiger partial charge in [-0.3, -0.25) is 0 Å². The lowest BCUT2D eigenvalue weighted by Gasteiger charge is -2.26. The van der Waals surface area contributed by atoms with Crippen molar-refractivity contribution in [2.24, 2.45) is 0 Å². The third kappa shape index (κ3) is 6.21. The molecule has 0 N–H and O–H groups in total. The SMILES string of the molecule is CCc1ccc(N(c2ccc(/C=C(/c3ccccc3)c3cc(C)cc(C)c3)cc2)c2ccc(CC)cc2)cc1. The van der Waals surface area contributed by atoms with Crippen LogP contribution in [0.3, 0.4) is 0 Å². The van der Waals surface area contributed by atoms with Gasteiger partial charge in [-0.05, 0) is 103 Å². The number of hydrogen-bond acceptors (Lipinski definition) is 1. The van der Waals surface area contributed by atoms with Gasteiger partial charge in [0.15, 0.2) is 0 Å². The van der Waals surface area contributed by atoms with Crippen molar-refractivity contribution in [1.29, 1.82) is 0 Å². The maximum absolute atomic E-state index is 2.34. The normalized spacial score (nSPS) is 11.4. The molecule has 0 saturated carbocycles. The lowest BCUT2D eigenvalue weighted by atomic mass is 9.93. The Morgan fingerprint density at radius 3 is 1.46 bits per heavy atom. The van der Waals surface area contributed by atoms with Crippen LogP contribution >= 0.6 is 0 Å². The quantitative estimate of drug-likeness (QED) is 0.189. The minimum atomic E-state index is 1.04. The Labute approximate surface area is 234 Å². The highest BCUT2D eigenvalue weighted by Gasteiger charge is 2.13. The molecule has 1 heteroatoms. The van der Waals surface area contributed by atoms with E-state index in [9.17, 15) is 0 Å². The second-order valence-electron chi connectivity index (χ2n) is 10.3. The van der Waals surface area contributed by atoms with E-state index < -0.39 is 0 Å². The zero-order valence-corrected chi connectivity index (χ0v) is 23.5. The van der Waals surface area contributed by atoms with Crippen LogP contribution in [0.25, 0.3) is 11.6 Å². The average Bonchev–Trinajstić information content (AvgIpc) is 2.97. The van der Waals surface area contributed by atoms with Crippen LogP contribution in [0.15, 0.2) is 121 Å². The van der Waals surface area contributed by atoms with Crippen LogP contribution in [0.2, 0.25) is 0 Å². The molecule has 0 aliphatic carbocycles. The van der Waals surface area contributed by atoms with Crippen molar-refractivity contribution < 1.29 is 0 Å². The van der Waals surface area contributed by atoms with Crippen molar-refractivity contribution in [3.8, 4) is 0 Å². The first-order chi connectivity index (χ1) is 19.0. The average molecular weight is 508 g/mol. The molecule has 0 fully saturated rings. The standard InChI is InChI=1S/C38H37N/c1-5-30-12-18-35(19-13-30)39(36-20-14-31(6-2)15-21-36)37-22-16-32(17-23-37)27-38(33-10-8-7-9-11-33)34-25-28(3)24-29(4)26-34/h7-27H,5-6H2,1-4H3/b38-27-. The highest BCUT2D eigenvalue weighted by atomic mass is 15.1. The molecule has 0 heterocycles. The molecular weight excluding hydrogens is 470 g/mol. The van der Waals surface area contributed by atoms with E-state index in [4.69, 9.17) is 0 Å². The Kier molecular flexibility index (Phi) is 8.08. The molecular formula is C38H37N. The van der Waals surface area contributed by atoms with Crippen molar-refractivity contribution in [2.75, 3.05) is 4.90 Å². The predicted octanol–water partition coefficient (Wildman–Crippen LogP) is 10.5. The Balaban J connectivity index is 1.56. The molecule has 39 heavy (non-hydrogen) atoms. The molecule has 0 unspecified atom stereocenters. The summed E-state index contributed by atoms with van der Waals surface area (Å²) in [6.45, 7) is 8.74. The van der Waals surface area contributed by atoms with E-state index in [0.717, 1.165) is 18.5 Å². The van der Waals surface area contributed by atoms with E-state index in [1.54, 1.807) is 0 Å². The topological polar surface area (TPSA) is 3.24 Å². The van der Waals surface area contributed by atoms with Gasteiger partial charge in [-0.1, -0.05) is 110 Å². The second-order valence-corrected chi connectivity index (χ2v) is 10.3. The number of aryl methyl sites for hydroxylation is 4. The third-order valence-electron chi connectivity index (χ3n) is 7.29. The summed E-state index contributed by atoms with van der Waals surface area (Å²) < 4.78 is 0. The maximum Gasteiger partial charge on any atom is 0.0462 e. The highest BCUT2D eigenvalue weighted by molar-refractivity contribution is 5.92.